The van der Waals surface area contributed by atoms with Gasteiger partial charge < -0.3 is 4.79 Å². The zero-order chi connectivity index (χ0) is 9.68. The first-order valence-corrected chi connectivity index (χ1v) is 5.71. The van der Waals surface area contributed by atoms with Crippen LogP contribution in [0.1, 0.15) is 58.8 Å². The molecular weight excluding hydrogens is 160 g/mol. The van der Waals surface area contributed by atoms with E-state index in [2.05, 4.69) is 6.92 Å². The first-order valence-electron chi connectivity index (χ1n) is 5.71. The number of hydrogen-bond donors (Lipinski definition) is 0. The van der Waals surface area contributed by atoms with Crippen LogP contribution in [0.5, 0.6) is 0 Å². The Morgan fingerprint density at radius 3 is 2.15 bits per heavy atom. The molecule has 1 saturated carbocycles. The van der Waals surface area contributed by atoms with E-state index in [0.717, 1.165) is 24.7 Å². The van der Waals surface area contributed by atoms with Crippen LogP contribution in [0.15, 0.2) is 0 Å². The van der Waals surface area contributed by atoms with Crippen LogP contribution in [-0.2, 0) is 4.79 Å². The van der Waals surface area contributed by atoms with Crippen LogP contribution in [0.25, 0.3) is 0 Å². The molecule has 1 rings (SSSR count). The van der Waals surface area contributed by atoms with Gasteiger partial charge in [-0.3, -0.25) is 0 Å². The predicted octanol–water partition coefficient (Wildman–Crippen LogP) is 3.57. The van der Waals surface area contributed by atoms with Crippen molar-refractivity contribution in [1.82, 2.24) is 0 Å². The van der Waals surface area contributed by atoms with Crippen LogP contribution in [-0.4, -0.2) is 5.78 Å². The summed E-state index contributed by atoms with van der Waals surface area (Å²) in [6.07, 6.45) is 8.84. The Labute approximate surface area is 81.9 Å². The Bertz CT molecular complexity index is 155. The molecule has 0 heterocycles. The van der Waals surface area contributed by atoms with Crippen molar-refractivity contribution >= 4 is 5.78 Å². The highest BCUT2D eigenvalue weighted by atomic mass is 16.1. The van der Waals surface area contributed by atoms with E-state index in [4.69, 9.17) is 0 Å². The fourth-order valence-electron chi connectivity index (χ4n) is 2.34. The third-order valence-corrected chi connectivity index (χ3v) is 3.45. The van der Waals surface area contributed by atoms with Crippen LogP contribution >= 0.6 is 0 Å². The SMILES string of the molecule is CCC1CCC(CCC(C)=O)CC1. The van der Waals surface area contributed by atoms with Gasteiger partial charge in [-0.2, -0.15) is 0 Å². The molecule has 0 aromatic heterocycles. The van der Waals surface area contributed by atoms with E-state index in [1.807, 2.05) is 0 Å². The van der Waals surface area contributed by atoms with Gasteiger partial charge in [0, 0.05) is 6.42 Å². The topological polar surface area (TPSA) is 17.1 Å². The quantitative estimate of drug-likeness (QED) is 0.649. The first kappa shape index (κ1) is 10.7. The van der Waals surface area contributed by atoms with Gasteiger partial charge in [0.25, 0.3) is 0 Å². The second-order valence-corrected chi connectivity index (χ2v) is 4.54. The molecule has 13 heavy (non-hydrogen) atoms. The highest BCUT2D eigenvalue weighted by molar-refractivity contribution is 5.75. The van der Waals surface area contributed by atoms with E-state index < -0.39 is 0 Å². The molecule has 0 amide bonds. The van der Waals surface area contributed by atoms with Gasteiger partial charge >= 0.3 is 0 Å². The maximum Gasteiger partial charge on any atom is 0.129 e. The lowest BCUT2D eigenvalue weighted by atomic mass is 9.79. The van der Waals surface area contributed by atoms with Crippen molar-refractivity contribution in [2.24, 2.45) is 11.8 Å². The lowest BCUT2D eigenvalue weighted by molar-refractivity contribution is -0.117. The first-order chi connectivity index (χ1) is 6.22. The number of hydrogen-bond acceptors (Lipinski definition) is 1. The number of carbonyl (C=O) groups excluding carboxylic acids is 1. The Kier molecular flexibility index (Phi) is 4.47. The second-order valence-electron chi connectivity index (χ2n) is 4.54. The van der Waals surface area contributed by atoms with Gasteiger partial charge in [-0.1, -0.05) is 39.0 Å². The Morgan fingerprint density at radius 2 is 1.69 bits per heavy atom. The maximum absolute atomic E-state index is 10.8. The van der Waals surface area contributed by atoms with Gasteiger partial charge in [0.05, 0.1) is 0 Å². The molecule has 0 aromatic rings. The minimum Gasteiger partial charge on any atom is -0.300 e. The lowest BCUT2D eigenvalue weighted by Gasteiger charge is -2.27. The summed E-state index contributed by atoms with van der Waals surface area (Å²) in [5.74, 6) is 2.19. The average molecular weight is 182 g/mol. The standard InChI is InChI=1S/C12H22O/c1-3-11-6-8-12(9-7-11)5-4-10(2)13/h11-12H,3-9H2,1-2H3. The molecule has 0 bridgehead atoms. The molecule has 0 aromatic carbocycles. The Hall–Kier alpha value is -0.330. The summed E-state index contributed by atoms with van der Waals surface area (Å²) < 4.78 is 0. The van der Waals surface area contributed by atoms with Crippen LogP contribution in [0.4, 0.5) is 0 Å². The van der Waals surface area contributed by atoms with Crippen LogP contribution in [0, 0.1) is 11.8 Å². The molecule has 0 spiro atoms. The fourth-order valence-corrected chi connectivity index (χ4v) is 2.34. The van der Waals surface area contributed by atoms with E-state index >= 15 is 0 Å². The third-order valence-electron chi connectivity index (χ3n) is 3.45. The number of carbonyl (C=O) groups is 1. The molecule has 1 fully saturated rings. The maximum atomic E-state index is 10.8. The summed E-state index contributed by atoms with van der Waals surface area (Å²) in [4.78, 5) is 10.8. The Balaban J connectivity index is 2.14. The minimum absolute atomic E-state index is 0.359. The van der Waals surface area contributed by atoms with Crippen LogP contribution < -0.4 is 0 Å². The second kappa shape index (κ2) is 5.41. The van der Waals surface area contributed by atoms with E-state index in [9.17, 15) is 4.79 Å². The van der Waals surface area contributed by atoms with Crippen LogP contribution in [0.3, 0.4) is 0 Å². The van der Waals surface area contributed by atoms with Crippen molar-refractivity contribution in [2.75, 3.05) is 0 Å². The molecule has 76 valence electrons. The molecule has 0 atom stereocenters. The van der Waals surface area contributed by atoms with E-state index in [1.54, 1.807) is 6.92 Å². The Morgan fingerprint density at radius 1 is 1.15 bits per heavy atom. The molecule has 0 aliphatic heterocycles. The van der Waals surface area contributed by atoms with Gasteiger partial charge in [-0.05, 0) is 25.2 Å². The molecule has 1 nitrogen and oxygen atoms in total. The summed E-state index contributed by atoms with van der Waals surface area (Å²) in [6, 6.07) is 0. The number of Topliss-reactive ketones (excluding diaryl/α,β-unsaturated/α-hetero) is 1. The summed E-state index contributed by atoms with van der Waals surface area (Å²) in [7, 11) is 0. The number of rotatable bonds is 4. The average Bonchev–Trinajstić information content (AvgIpc) is 2.15. The minimum atomic E-state index is 0.359. The summed E-state index contributed by atoms with van der Waals surface area (Å²) in [5.41, 5.74) is 0. The molecule has 1 aliphatic carbocycles. The largest absolute Gasteiger partial charge is 0.300 e. The van der Waals surface area contributed by atoms with E-state index in [-0.39, 0.29) is 0 Å². The van der Waals surface area contributed by atoms with Crippen molar-refractivity contribution in [1.29, 1.82) is 0 Å². The predicted molar refractivity (Wildman–Crippen MR) is 55.7 cm³/mol. The van der Waals surface area contributed by atoms with Gasteiger partial charge in [-0.25, -0.2) is 0 Å². The summed E-state index contributed by atoms with van der Waals surface area (Å²) in [5, 5.41) is 0. The monoisotopic (exact) mass is 182 g/mol. The summed E-state index contributed by atoms with van der Waals surface area (Å²) >= 11 is 0. The molecule has 0 unspecified atom stereocenters. The normalized spacial score (nSPS) is 28.8. The fraction of sp³-hybridized carbons (Fsp3) is 0.917. The van der Waals surface area contributed by atoms with Gasteiger partial charge in [-0.15, -0.1) is 0 Å². The molecule has 0 saturated heterocycles. The molecule has 1 heteroatoms. The van der Waals surface area contributed by atoms with Gasteiger partial charge in [0.2, 0.25) is 0 Å². The van der Waals surface area contributed by atoms with E-state index in [1.165, 1.54) is 32.1 Å². The van der Waals surface area contributed by atoms with Crippen molar-refractivity contribution in [3.63, 3.8) is 0 Å². The zero-order valence-electron chi connectivity index (χ0n) is 9.01. The van der Waals surface area contributed by atoms with Gasteiger partial charge in [0.1, 0.15) is 5.78 Å². The van der Waals surface area contributed by atoms with Crippen LogP contribution in [0.2, 0.25) is 0 Å². The number of ketones is 1. The van der Waals surface area contributed by atoms with Crippen molar-refractivity contribution < 1.29 is 4.79 Å². The lowest BCUT2D eigenvalue weighted by Crippen LogP contribution is -2.14. The zero-order valence-corrected chi connectivity index (χ0v) is 9.01. The van der Waals surface area contributed by atoms with Crippen molar-refractivity contribution in [3.8, 4) is 0 Å². The molecule has 1 aliphatic rings. The van der Waals surface area contributed by atoms with E-state index in [0.29, 0.717) is 5.78 Å². The smallest absolute Gasteiger partial charge is 0.129 e. The molecular formula is C12H22O. The summed E-state index contributed by atoms with van der Waals surface area (Å²) in [6.45, 7) is 4.00. The van der Waals surface area contributed by atoms with Gasteiger partial charge in [0.15, 0.2) is 0 Å². The molecule has 0 N–H and O–H groups in total. The van der Waals surface area contributed by atoms with Crippen molar-refractivity contribution in [2.45, 2.75) is 58.8 Å². The highest BCUT2D eigenvalue weighted by Crippen LogP contribution is 2.32. The van der Waals surface area contributed by atoms with Crippen molar-refractivity contribution in [3.05, 3.63) is 0 Å². The molecule has 0 radical (unpaired) electrons. The highest BCUT2D eigenvalue weighted by Gasteiger charge is 2.19. The third kappa shape index (κ3) is 3.93.